The van der Waals surface area contributed by atoms with E-state index in [2.05, 4.69) is 17.9 Å². The minimum absolute atomic E-state index is 0.214. The Morgan fingerprint density at radius 2 is 2.44 bits per heavy atom. The van der Waals surface area contributed by atoms with E-state index in [9.17, 15) is 4.79 Å². The van der Waals surface area contributed by atoms with Crippen molar-refractivity contribution >= 4 is 18.6 Å². The standard InChI is InChI=1S/C5H9NO2S/c7-5(8)4-1-3(9)2-6-4/h3-4,6,9H,1-2H2,(H,7,8)/t3-,4-/m1/s1. The first kappa shape index (κ1) is 6.89. The van der Waals surface area contributed by atoms with E-state index in [0.717, 1.165) is 0 Å². The van der Waals surface area contributed by atoms with Gasteiger partial charge in [0.25, 0.3) is 0 Å². The Kier molecular flexibility index (Phi) is 1.97. The third-order valence-electron chi connectivity index (χ3n) is 1.41. The van der Waals surface area contributed by atoms with E-state index in [1.165, 1.54) is 0 Å². The van der Waals surface area contributed by atoms with E-state index < -0.39 is 5.97 Å². The predicted octanol–water partition coefficient (Wildman–Crippen LogP) is -0.269. The van der Waals surface area contributed by atoms with Gasteiger partial charge in [-0.1, -0.05) is 0 Å². The topological polar surface area (TPSA) is 49.3 Å². The van der Waals surface area contributed by atoms with Crippen molar-refractivity contribution in [3.8, 4) is 0 Å². The molecule has 0 amide bonds. The highest BCUT2D eigenvalue weighted by Gasteiger charge is 2.26. The molecule has 4 heteroatoms. The zero-order valence-corrected chi connectivity index (χ0v) is 5.77. The Balaban J connectivity index is 2.39. The van der Waals surface area contributed by atoms with Crippen LogP contribution in [-0.4, -0.2) is 28.9 Å². The molecule has 0 aromatic rings. The molecular weight excluding hydrogens is 138 g/mol. The number of carbonyl (C=O) groups is 1. The van der Waals surface area contributed by atoms with Gasteiger partial charge in [0.2, 0.25) is 0 Å². The van der Waals surface area contributed by atoms with Gasteiger partial charge in [0, 0.05) is 11.8 Å². The molecule has 2 atom stereocenters. The second-order valence-electron chi connectivity index (χ2n) is 2.19. The summed E-state index contributed by atoms with van der Waals surface area (Å²) in [6.45, 7) is 0.708. The van der Waals surface area contributed by atoms with E-state index in [1.807, 2.05) is 0 Å². The molecule has 1 heterocycles. The van der Waals surface area contributed by atoms with E-state index in [4.69, 9.17) is 5.11 Å². The summed E-state index contributed by atoms with van der Waals surface area (Å²) in [7, 11) is 0. The molecule has 0 spiro atoms. The maximum absolute atomic E-state index is 10.3. The fourth-order valence-electron chi connectivity index (χ4n) is 0.905. The summed E-state index contributed by atoms with van der Waals surface area (Å²) in [5.74, 6) is -0.772. The third-order valence-corrected chi connectivity index (χ3v) is 1.80. The summed E-state index contributed by atoms with van der Waals surface area (Å²) in [6, 6.07) is -0.368. The van der Waals surface area contributed by atoms with Crippen molar-refractivity contribution in [3.63, 3.8) is 0 Å². The minimum Gasteiger partial charge on any atom is -0.480 e. The van der Waals surface area contributed by atoms with Gasteiger partial charge in [-0.3, -0.25) is 4.79 Å². The van der Waals surface area contributed by atoms with Crippen molar-refractivity contribution in [2.45, 2.75) is 17.7 Å². The lowest BCUT2D eigenvalue weighted by Crippen LogP contribution is -2.29. The maximum atomic E-state index is 10.3. The van der Waals surface area contributed by atoms with Crippen LogP contribution in [0.2, 0.25) is 0 Å². The van der Waals surface area contributed by atoms with Gasteiger partial charge in [-0.2, -0.15) is 12.6 Å². The van der Waals surface area contributed by atoms with Crippen LogP contribution >= 0.6 is 12.6 Å². The molecule has 0 radical (unpaired) electrons. The van der Waals surface area contributed by atoms with Gasteiger partial charge in [-0.25, -0.2) is 0 Å². The van der Waals surface area contributed by atoms with Crippen LogP contribution in [0.15, 0.2) is 0 Å². The van der Waals surface area contributed by atoms with Crippen molar-refractivity contribution in [1.82, 2.24) is 5.32 Å². The van der Waals surface area contributed by atoms with Gasteiger partial charge in [0.1, 0.15) is 6.04 Å². The largest absolute Gasteiger partial charge is 0.480 e. The molecule has 0 aromatic heterocycles. The van der Waals surface area contributed by atoms with Crippen molar-refractivity contribution in [1.29, 1.82) is 0 Å². The highest BCUT2D eigenvalue weighted by atomic mass is 32.1. The second-order valence-corrected chi connectivity index (χ2v) is 2.92. The van der Waals surface area contributed by atoms with E-state index >= 15 is 0 Å². The number of thiol groups is 1. The van der Waals surface area contributed by atoms with Crippen molar-refractivity contribution < 1.29 is 9.90 Å². The lowest BCUT2D eigenvalue weighted by molar-refractivity contribution is -0.139. The molecule has 52 valence electrons. The molecule has 0 bridgehead atoms. The van der Waals surface area contributed by atoms with Gasteiger partial charge in [0.05, 0.1) is 0 Å². The van der Waals surface area contributed by atoms with Crippen LogP contribution < -0.4 is 5.32 Å². The third kappa shape index (κ3) is 1.59. The molecule has 1 aliphatic heterocycles. The highest BCUT2D eigenvalue weighted by molar-refractivity contribution is 7.81. The number of hydrogen-bond donors (Lipinski definition) is 3. The molecular formula is C5H9NO2S. The smallest absolute Gasteiger partial charge is 0.320 e. The Labute approximate surface area is 58.9 Å². The number of rotatable bonds is 1. The predicted molar refractivity (Wildman–Crippen MR) is 36.8 cm³/mol. The van der Waals surface area contributed by atoms with Gasteiger partial charge in [0.15, 0.2) is 0 Å². The molecule has 1 aliphatic rings. The summed E-state index contributed by atoms with van der Waals surface area (Å²) in [5, 5.41) is 11.5. The van der Waals surface area contributed by atoms with Gasteiger partial charge in [-0.15, -0.1) is 0 Å². The second kappa shape index (κ2) is 2.58. The maximum Gasteiger partial charge on any atom is 0.320 e. The molecule has 1 rings (SSSR count). The van der Waals surface area contributed by atoms with Gasteiger partial charge >= 0.3 is 5.97 Å². The monoisotopic (exact) mass is 147 g/mol. The van der Waals surface area contributed by atoms with Crippen LogP contribution in [0.1, 0.15) is 6.42 Å². The Morgan fingerprint density at radius 1 is 1.78 bits per heavy atom. The first-order chi connectivity index (χ1) is 4.20. The van der Waals surface area contributed by atoms with Crippen LogP contribution in [-0.2, 0) is 4.79 Å². The van der Waals surface area contributed by atoms with Crippen molar-refractivity contribution in [2.24, 2.45) is 0 Å². The quantitative estimate of drug-likeness (QED) is 0.447. The van der Waals surface area contributed by atoms with Crippen LogP contribution in [0, 0.1) is 0 Å². The summed E-state index contributed by atoms with van der Waals surface area (Å²) in [4.78, 5) is 10.3. The zero-order chi connectivity index (χ0) is 6.85. The molecule has 3 nitrogen and oxygen atoms in total. The summed E-state index contributed by atoms with van der Waals surface area (Å²) in [6.07, 6.45) is 0.637. The van der Waals surface area contributed by atoms with E-state index in [0.29, 0.717) is 13.0 Å². The summed E-state index contributed by atoms with van der Waals surface area (Å²) < 4.78 is 0. The van der Waals surface area contributed by atoms with E-state index in [-0.39, 0.29) is 11.3 Å². The average Bonchev–Trinajstić information content (AvgIpc) is 2.14. The van der Waals surface area contributed by atoms with Crippen LogP contribution in [0.25, 0.3) is 0 Å². The van der Waals surface area contributed by atoms with Crippen molar-refractivity contribution in [3.05, 3.63) is 0 Å². The van der Waals surface area contributed by atoms with Crippen LogP contribution in [0.3, 0.4) is 0 Å². The molecule has 9 heavy (non-hydrogen) atoms. The first-order valence-corrected chi connectivity index (χ1v) is 3.36. The van der Waals surface area contributed by atoms with Gasteiger partial charge < -0.3 is 10.4 Å². The molecule has 2 N–H and O–H groups in total. The fourth-order valence-corrected chi connectivity index (χ4v) is 1.22. The van der Waals surface area contributed by atoms with E-state index in [1.54, 1.807) is 0 Å². The van der Waals surface area contributed by atoms with Crippen molar-refractivity contribution in [2.75, 3.05) is 6.54 Å². The SMILES string of the molecule is O=C(O)[C@H]1C[C@@H](S)CN1. The molecule has 0 aromatic carbocycles. The zero-order valence-electron chi connectivity index (χ0n) is 4.87. The number of carboxylic acids is 1. The summed E-state index contributed by atoms with van der Waals surface area (Å²) in [5.41, 5.74) is 0. The highest BCUT2D eigenvalue weighted by Crippen LogP contribution is 2.11. The molecule has 0 aliphatic carbocycles. The minimum atomic E-state index is -0.772. The normalized spacial score (nSPS) is 34.8. The first-order valence-electron chi connectivity index (χ1n) is 2.84. The lowest BCUT2D eigenvalue weighted by Gasteiger charge is -1.99. The van der Waals surface area contributed by atoms with Crippen LogP contribution in [0.4, 0.5) is 0 Å². The molecule has 0 saturated carbocycles. The Hall–Kier alpha value is -0.220. The number of nitrogens with one attached hydrogen (secondary N) is 1. The molecule has 1 fully saturated rings. The number of hydrogen-bond acceptors (Lipinski definition) is 3. The summed E-state index contributed by atoms with van der Waals surface area (Å²) >= 11 is 4.12. The van der Waals surface area contributed by atoms with Gasteiger partial charge in [-0.05, 0) is 6.42 Å². The number of aliphatic carboxylic acids is 1. The fraction of sp³-hybridized carbons (Fsp3) is 0.800. The molecule has 1 saturated heterocycles. The average molecular weight is 147 g/mol. The van der Waals surface area contributed by atoms with Crippen LogP contribution in [0.5, 0.6) is 0 Å². The lowest BCUT2D eigenvalue weighted by atomic mass is 10.2. The molecule has 0 unspecified atom stereocenters. The number of carboxylic acid groups (broad SMARTS) is 1. The Morgan fingerprint density at radius 3 is 2.67 bits per heavy atom. The Bertz CT molecular complexity index is 128.